The Bertz CT molecular complexity index is 1130. The fourth-order valence-electron chi connectivity index (χ4n) is 4.62. The van der Waals surface area contributed by atoms with Gasteiger partial charge in [0.15, 0.2) is 0 Å². The first-order valence-corrected chi connectivity index (χ1v) is 12.1. The van der Waals surface area contributed by atoms with Gasteiger partial charge in [-0.15, -0.1) is 0 Å². The third-order valence-electron chi connectivity index (χ3n) is 6.36. The number of urea groups is 1. The van der Waals surface area contributed by atoms with E-state index in [2.05, 4.69) is 27.4 Å². The van der Waals surface area contributed by atoms with E-state index in [0.717, 1.165) is 36.9 Å². The minimum absolute atomic E-state index is 0.236. The Hall–Kier alpha value is -3.23. The molecule has 2 aromatic rings. The number of aryl methyl sites for hydroxylation is 1. The molecule has 9 heteroatoms. The van der Waals surface area contributed by atoms with Crippen LogP contribution in [0.5, 0.6) is 5.75 Å². The van der Waals surface area contributed by atoms with Crippen molar-refractivity contribution in [3.8, 4) is 5.75 Å². The van der Waals surface area contributed by atoms with E-state index in [1.54, 1.807) is 14.0 Å². The monoisotopic (exact) mass is 498 g/mol. The Morgan fingerprint density at radius 2 is 1.89 bits per heavy atom. The number of piperazine rings is 1. The smallest absolute Gasteiger partial charge is 0.338 e. The van der Waals surface area contributed by atoms with Crippen LogP contribution in [-0.4, -0.2) is 63.3 Å². The van der Waals surface area contributed by atoms with Crippen LogP contribution < -0.4 is 20.3 Å². The van der Waals surface area contributed by atoms with Crippen molar-refractivity contribution >= 4 is 29.3 Å². The molecule has 0 aliphatic carbocycles. The number of carbonyl (C=O) groups excluding carboxylic acids is 2. The lowest BCUT2D eigenvalue weighted by Gasteiger charge is -2.38. The predicted molar refractivity (Wildman–Crippen MR) is 136 cm³/mol. The molecule has 0 aromatic heterocycles. The number of ether oxygens (including phenoxy) is 2. The van der Waals surface area contributed by atoms with E-state index >= 15 is 0 Å². The number of hydrogen-bond donors (Lipinski definition) is 2. The van der Waals surface area contributed by atoms with Crippen LogP contribution in [0, 0.1) is 6.92 Å². The second-order valence-electron chi connectivity index (χ2n) is 8.58. The lowest BCUT2D eigenvalue weighted by atomic mass is 9.94. The molecule has 2 amide bonds. The fraction of sp³-hybridized carbons (Fsp3) is 0.385. The third kappa shape index (κ3) is 5.55. The number of halogens is 1. The first-order valence-electron chi connectivity index (χ1n) is 11.7. The SMILES string of the molecule is CCOC(=O)C1=C(CN2CCN(c3cc(Cl)ccc3C)CC2)NC(=O)NC1c1ccccc1OC. The molecule has 1 unspecified atom stereocenters. The summed E-state index contributed by atoms with van der Waals surface area (Å²) in [6.07, 6.45) is 0. The molecule has 2 aliphatic heterocycles. The lowest BCUT2D eigenvalue weighted by Crippen LogP contribution is -2.52. The van der Waals surface area contributed by atoms with Crippen molar-refractivity contribution in [2.45, 2.75) is 19.9 Å². The summed E-state index contributed by atoms with van der Waals surface area (Å²) in [5.41, 5.74) is 3.96. The Labute approximate surface area is 210 Å². The second-order valence-corrected chi connectivity index (χ2v) is 9.02. The number of hydrogen-bond acceptors (Lipinski definition) is 6. The maximum Gasteiger partial charge on any atom is 0.338 e. The molecule has 2 aromatic carbocycles. The quantitative estimate of drug-likeness (QED) is 0.567. The van der Waals surface area contributed by atoms with Gasteiger partial charge in [0.05, 0.1) is 25.3 Å². The third-order valence-corrected chi connectivity index (χ3v) is 6.60. The van der Waals surface area contributed by atoms with E-state index in [9.17, 15) is 9.59 Å². The maximum absolute atomic E-state index is 13.1. The summed E-state index contributed by atoms with van der Waals surface area (Å²) in [6.45, 7) is 7.67. The number of nitrogens with zero attached hydrogens (tertiary/aromatic N) is 2. The van der Waals surface area contributed by atoms with Crippen molar-refractivity contribution < 1.29 is 19.1 Å². The predicted octanol–water partition coefficient (Wildman–Crippen LogP) is 3.65. The Morgan fingerprint density at radius 1 is 1.14 bits per heavy atom. The molecule has 0 saturated carbocycles. The number of amides is 2. The molecule has 0 radical (unpaired) electrons. The lowest BCUT2D eigenvalue weighted by molar-refractivity contribution is -0.139. The highest BCUT2D eigenvalue weighted by Gasteiger charge is 2.36. The van der Waals surface area contributed by atoms with Crippen molar-refractivity contribution in [1.29, 1.82) is 0 Å². The average Bonchev–Trinajstić information content (AvgIpc) is 2.85. The van der Waals surface area contributed by atoms with Crippen molar-refractivity contribution in [1.82, 2.24) is 15.5 Å². The molecule has 1 fully saturated rings. The number of anilines is 1. The van der Waals surface area contributed by atoms with Gasteiger partial charge in [-0.05, 0) is 37.6 Å². The highest BCUT2D eigenvalue weighted by molar-refractivity contribution is 6.30. The van der Waals surface area contributed by atoms with Crippen LogP contribution >= 0.6 is 11.6 Å². The minimum Gasteiger partial charge on any atom is -0.496 e. The van der Waals surface area contributed by atoms with E-state index < -0.39 is 12.0 Å². The van der Waals surface area contributed by atoms with Crippen LogP contribution in [0.3, 0.4) is 0 Å². The van der Waals surface area contributed by atoms with Gasteiger partial charge >= 0.3 is 12.0 Å². The number of carbonyl (C=O) groups is 2. The zero-order valence-corrected chi connectivity index (χ0v) is 21.0. The van der Waals surface area contributed by atoms with E-state index in [1.807, 2.05) is 42.5 Å². The fourth-order valence-corrected chi connectivity index (χ4v) is 4.79. The molecule has 2 N–H and O–H groups in total. The first kappa shape index (κ1) is 24.9. The van der Waals surface area contributed by atoms with Crippen LogP contribution in [0.1, 0.15) is 24.1 Å². The highest BCUT2D eigenvalue weighted by Crippen LogP contribution is 2.34. The van der Waals surface area contributed by atoms with Gasteiger partial charge in [-0.2, -0.15) is 0 Å². The Morgan fingerprint density at radius 3 is 2.60 bits per heavy atom. The summed E-state index contributed by atoms with van der Waals surface area (Å²) < 4.78 is 10.9. The maximum atomic E-state index is 13.1. The van der Waals surface area contributed by atoms with E-state index in [1.165, 1.54) is 5.56 Å². The molecule has 8 nitrogen and oxygen atoms in total. The number of nitrogens with one attached hydrogen (secondary N) is 2. The molecule has 2 aliphatic rings. The zero-order valence-electron chi connectivity index (χ0n) is 20.3. The minimum atomic E-state index is -0.677. The van der Waals surface area contributed by atoms with Gasteiger partial charge in [-0.25, -0.2) is 9.59 Å². The molecule has 4 rings (SSSR count). The Kier molecular flexibility index (Phi) is 7.83. The van der Waals surface area contributed by atoms with E-state index in [0.29, 0.717) is 29.1 Å². The second kappa shape index (κ2) is 11.0. The standard InChI is InChI=1S/C26H31ClN4O4/c1-4-35-25(32)23-20(28-26(33)29-24(23)19-7-5-6-8-22(19)34-3)16-30-11-13-31(14-12-30)21-15-18(27)10-9-17(21)2/h5-10,15,24H,4,11-14,16H2,1-3H3,(H2,28,29,33). The highest BCUT2D eigenvalue weighted by atomic mass is 35.5. The van der Waals surface area contributed by atoms with Crippen LogP contribution in [0.15, 0.2) is 53.7 Å². The van der Waals surface area contributed by atoms with Gasteiger partial charge in [-0.1, -0.05) is 35.9 Å². The summed E-state index contributed by atoms with van der Waals surface area (Å²) in [5, 5.41) is 6.46. The van der Waals surface area contributed by atoms with Crippen LogP contribution in [0.2, 0.25) is 5.02 Å². The molecule has 0 spiro atoms. The van der Waals surface area contributed by atoms with E-state index in [-0.39, 0.29) is 12.6 Å². The number of rotatable bonds is 7. The van der Waals surface area contributed by atoms with Gasteiger partial charge in [0.2, 0.25) is 0 Å². The number of benzene rings is 2. The van der Waals surface area contributed by atoms with Gasteiger partial charge in [0.25, 0.3) is 0 Å². The molecule has 2 heterocycles. The molecular weight excluding hydrogens is 468 g/mol. The number of esters is 1. The largest absolute Gasteiger partial charge is 0.496 e. The van der Waals surface area contributed by atoms with Crippen molar-refractivity contribution in [3.63, 3.8) is 0 Å². The first-order chi connectivity index (χ1) is 16.9. The van der Waals surface area contributed by atoms with Gasteiger partial charge < -0.3 is 25.0 Å². The summed E-state index contributed by atoms with van der Waals surface area (Å²) in [7, 11) is 1.57. The average molecular weight is 499 g/mol. The van der Waals surface area contributed by atoms with Gasteiger partial charge in [0, 0.05) is 54.7 Å². The normalized spacial score (nSPS) is 18.7. The number of para-hydroxylation sites is 1. The van der Waals surface area contributed by atoms with Crippen LogP contribution in [0.4, 0.5) is 10.5 Å². The summed E-state index contributed by atoms with van der Waals surface area (Å²) in [4.78, 5) is 30.3. The Balaban J connectivity index is 1.59. The molecule has 1 saturated heterocycles. The van der Waals surface area contributed by atoms with Crippen molar-refractivity contribution in [3.05, 3.63) is 69.9 Å². The molecule has 1 atom stereocenters. The molecule has 0 bridgehead atoms. The van der Waals surface area contributed by atoms with Crippen LogP contribution in [-0.2, 0) is 9.53 Å². The topological polar surface area (TPSA) is 83.1 Å². The summed E-state index contributed by atoms with van der Waals surface area (Å²) in [5.74, 6) is 0.130. The summed E-state index contributed by atoms with van der Waals surface area (Å²) in [6, 6.07) is 12.2. The van der Waals surface area contributed by atoms with E-state index in [4.69, 9.17) is 21.1 Å². The molecule has 186 valence electrons. The molecular formula is C26H31ClN4O4. The zero-order chi connectivity index (χ0) is 24.9. The number of methoxy groups -OCH3 is 1. The van der Waals surface area contributed by atoms with Crippen LogP contribution in [0.25, 0.3) is 0 Å². The van der Waals surface area contributed by atoms with Gasteiger partial charge in [-0.3, -0.25) is 4.90 Å². The van der Waals surface area contributed by atoms with Gasteiger partial charge in [0.1, 0.15) is 5.75 Å². The van der Waals surface area contributed by atoms with Crippen molar-refractivity contribution in [2.24, 2.45) is 0 Å². The molecule has 35 heavy (non-hydrogen) atoms. The summed E-state index contributed by atoms with van der Waals surface area (Å²) >= 11 is 6.22. The van der Waals surface area contributed by atoms with Crippen molar-refractivity contribution in [2.75, 3.05) is 51.3 Å².